The van der Waals surface area contributed by atoms with E-state index in [0.717, 1.165) is 16.9 Å². The van der Waals surface area contributed by atoms with E-state index in [1.807, 2.05) is 42.5 Å². The Bertz CT molecular complexity index is 1390. The molecule has 0 radical (unpaired) electrons. The highest BCUT2D eigenvalue weighted by molar-refractivity contribution is 6.04. The summed E-state index contributed by atoms with van der Waals surface area (Å²) in [6.07, 6.45) is 3.39. The molecule has 0 saturated carbocycles. The van der Waals surface area contributed by atoms with E-state index >= 15 is 0 Å². The van der Waals surface area contributed by atoms with Gasteiger partial charge in [-0.05, 0) is 48.5 Å². The van der Waals surface area contributed by atoms with E-state index in [-0.39, 0.29) is 11.6 Å². The molecule has 3 heterocycles. The van der Waals surface area contributed by atoms with Crippen LogP contribution in [-0.4, -0.2) is 25.2 Å². The normalized spacial score (nSPS) is 11.0. The van der Waals surface area contributed by atoms with Gasteiger partial charge in [-0.25, -0.2) is 9.48 Å². The largest absolute Gasteiger partial charge is 0.419 e. The molecule has 5 aromatic rings. The molecule has 8 nitrogen and oxygen atoms in total. The second kappa shape index (κ2) is 7.42. The minimum atomic E-state index is -0.456. The van der Waals surface area contributed by atoms with Crippen LogP contribution in [0.3, 0.4) is 0 Å². The predicted molar refractivity (Wildman–Crippen MR) is 116 cm³/mol. The van der Waals surface area contributed by atoms with Gasteiger partial charge in [0, 0.05) is 30.7 Å². The maximum atomic E-state index is 13.0. The molecule has 0 fully saturated rings. The first-order valence-corrected chi connectivity index (χ1v) is 9.57. The summed E-state index contributed by atoms with van der Waals surface area (Å²) in [6, 6.07) is 20.1. The lowest BCUT2D eigenvalue weighted by molar-refractivity contribution is 0.102. The van der Waals surface area contributed by atoms with Gasteiger partial charge in [-0.15, -0.1) is 0 Å². The summed E-state index contributed by atoms with van der Waals surface area (Å²) in [6.45, 7) is 0. The summed E-state index contributed by atoms with van der Waals surface area (Å²) in [5, 5.41) is 7.39. The molecule has 0 aliphatic carbocycles. The van der Waals surface area contributed by atoms with Crippen LogP contribution < -0.4 is 11.1 Å². The number of aromatic nitrogens is 4. The molecule has 2 aromatic carbocycles. The van der Waals surface area contributed by atoms with E-state index in [0.29, 0.717) is 16.8 Å². The van der Waals surface area contributed by atoms with Crippen molar-refractivity contribution in [1.82, 2.24) is 19.3 Å². The zero-order valence-electron chi connectivity index (χ0n) is 16.5. The third-order valence-electron chi connectivity index (χ3n) is 4.97. The van der Waals surface area contributed by atoms with Crippen LogP contribution in [0.1, 0.15) is 10.5 Å². The molecular weight excluding hydrogens is 394 g/mol. The number of anilines is 1. The van der Waals surface area contributed by atoms with Crippen molar-refractivity contribution in [3.63, 3.8) is 0 Å². The molecule has 5 rings (SSSR count). The van der Waals surface area contributed by atoms with Crippen LogP contribution in [0.15, 0.2) is 88.3 Å². The van der Waals surface area contributed by atoms with E-state index in [2.05, 4.69) is 15.4 Å². The van der Waals surface area contributed by atoms with E-state index in [1.54, 1.807) is 48.4 Å². The van der Waals surface area contributed by atoms with Crippen LogP contribution >= 0.6 is 0 Å². The fraction of sp³-hybridized carbons (Fsp3) is 0.0435. The number of amides is 1. The monoisotopic (exact) mass is 411 g/mol. The van der Waals surface area contributed by atoms with Gasteiger partial charge in [-0.1, -0.05) is 18.2 Å². The number of carbonyl (C=O) groups is 1. The molecule has 0 aliphatic heterocycles. The molecule has 0 bridgehead atoms. The molecule has 152 valence electrons. The third kappa shape index (κ3) is 3.40. The van der Waals surface area contributed by atoms with Crippen LogP contribution in [0.4, 0.5) is 5.69 Å². The van der Waals surface area contributed by atoms with Crippen molar-refractivity contribution in [2.45, 2.75) is 0 Å². The van der Waals surface area contributed by atoms with Crippen LogP contribution in [0.5, 0.6) is 0 Å². The van der Waals surface area contributed by atoms with Crippen molar-refractivity contribution in [3.05, 3.63) is 95.4 Å². The van der Waals surface area contributed by atoms with Crippen molar-refractivity contribution in [1.29, 1.82) is 0 Å². The Kier molecular flexibility index (Phi) is 4.44. The average molecular weight is 411 g/mol. The number of rotatable bonds is 4. The number of oxazole rings is 1. The summed E-state index contributed by atoms with van der Waals surface area (Å²) in [5.41, 5.74) is 4.34. The predicted octanol–water partition coefficient (Wildman–Crippen LogP) is 3.63. The van der Waals surface area contributed by atoms with Crippen molar-refractivity contribution < 1.29 is 9.21 Å². The number of fused-ring (bicyclic) bond motifs is 1. The standard InChI is InChI=1S/C23H17N5O3/c1-27-20-13-16(7-8-21(20)31-23(27)30)25-22(29)18-14-19(15-9-11-24-12-10-15)28(26-18)17-5-3-2-4-6-17/h2-14H,1H3,(H,25,29). The number of nitrogens with zero attached hydrogens (tertiary/aromatic N) is 4. The van der Waals surface area contributed by atoms with E-state index in [4.69, 9.17) is 4.42 Å². The smallest absolute Gasteiger partial charge is 0.408 e. The van der Waals surface area contributed by atoms with Crippen LogP contribution in [0.2, 0.25) is 0 Å². The second-order valence-electron chi connectivity index (χ2n) is 6.96. The molecule has 0 unspecified atom stereocenters. The van der Waals surface area contributed by atoms with Gasteiger partial charge in [0.2, 0.25) is 0 Å². The highest BCUT2D eigenvalue weighted by Gasteiger charge is 2.17. The van der Waals surface area contributed by atoms with Gasteiger partial charge in [-0.3, -0.25) is 14.3 Å². The first-order chi connectivity index (χ1) is 15.1. The van der Waals surface area contributed by atoms with Gasteiger partial charge in [0.15, 0.2) is 11.3 Å². The SMILES string of the molecule is Cn1c(=O)oc2ccc(NC(=O)c3cc(-c4ccncc4)n(-c4ccccc4)n3)cc21. The molecule has 0 aliphatic rings. The molecule has 31 heavy (non-hydrogen) atoms. The lowest BCUT2D eigenvalue weighted by Gasteiger charge is -2.07. The molecule has 0 atom stereocenters. The molecule has 0 spiro atoms. The Morgan fingerprint density at radius 3 is 2.55 bits per heavy atom. The van der Waals surface area contributed by atoms with Crippen LogP contribution in [0.25, 0.3) is 28.0 Å². The number of hydrogen-bond acceptors (Lipinski definition) is 5. The quantitative estimate of drug-likeness (QED) is 0.487. The zero-order chi connectivity index (χ0) is 21.4. The fourth-order valence-electron chi connectivity index (χ4n) is 3.39. The van der Waals surface area contributed by atoms with Crippen LogP contribution in [0, 0.1) is 0 Å². The van der Waals surface area contributed by atoms with Crippen LogP contribution in [-0.2, 0) is 7.05 Å². The van der Waals surface area contributed by atoms with E-state index in [9.17, 15) is 9.59 Å². The summed E-state index contributed by atoms with van der Waals surface area (Å²) in [4.78, 5) is 28.7. The summed E-state index contributed by atoms with van der Waals surface area (Å²) in [5.74, 6) is -0.820. The summed E-state index contributed by atoms with van der Waals surface area (Å²) >= 11 is 0. The number of benzene rings is 2. The lowest BCUT2D eigenvalue weighted by Crippen LogP contribution is -2.13. The molecule has 1 N–H and O–H groups in total. The van der Waals surface area contributed by atoms with Gasteiger partial charge in [0.25, 0.3) is 5.91 Å². The number of para-hydroxylation sites is 1. The molecular formula is C23H17N5O3. The number of nitrogens with one attached hydrogen (secondary N) is 1. The van der Waals surface area contributed by atoms with Gasteiger partial charge in [-0.2, -0.15) is 5.10 Å². The minimum Gasteiger partial charge on any atom is -0.408 e. The zero-order valence-corrected chi connectivity index (χ0v) is 16.5. The average Bonchev–Trinajstić information content (AvgIpc) is 3.37. The Morgan fingerprint density at radius 1 is 1.00 bits per heavy atom. The van der Waals surface area contributed by atoms with Crippen molar-refractivity contribution in [2.75, 3.05) is 5.32 Å². The van der Waals surface area contributed by atoms with E-state index < -0.39 is 5.76 Å². The highest BCUT2D eigenvalue weighted by atomic mass is 16.4. The Hall–Kier alpha value is -4.46. The lowest BCUT2D eigenvalue weighted by atomic mass is 10.2. The molecule has 0 saturated heterocycles. The third-order valence-corrected chi connectivity index (χ3v) is 4.97. The van der Waals surface area contributed by atoms with E-state index in [1.165, 1.54) is 4.57 Å². The van der Waals surface area contributed by atoms with Gasteiger partial charge >= 0.3 is 5.76 Å². The minimum absolute atomic E-state index is 0.261. The number of hydrogen-bond donors (Lipinski definition) is 1. The topological polar surface area (TPSA) is 95.0 Å². The van der Waals surface area contributed by atoms with Gasteiger partial charge in [0.05, 0.1) is 16.9 Å². The summed E-state index contributed by atoms with van der Waals surface area (Å²) in [7, 11) is 1.61. The fourth-order valence-corrected chi connectivity index (χ4v) is 3.39. The summed E-state index contributed by atoms with van der Waals surface area (Å²) < 4.78 is 8.25. The first kappa shape index (κ1) is 18.6. The number of carbonyl (C=O) groups excluding carboxylic acids is 1. The molecule has 3 aromatic heterocycles. The Labute approximate surface area is 176 Å². The Morgan fingerprint density at radius 2 is 1.77 bits per heavy atom. The van der Waals surface area contributed by atoms with Crippen molar-refractivity contribution in [3.8, 4) is 16.9 Å². The maximum absolute atomic E-state index is 13.0. The maximum Gasteiger partial charge on any atom is 0.419 e. The number of aryl methyl sites for hydroxylation is 1. The highest BCUT2D eigenvalue weighted by Crippen LogP contribution is 2.24. The number of pyridine rings is 1. The first-order valence-electron chi connectivity index (χ1n) is 9.57. The molecule has 1 amide bonds. The van der Waals surface area contributed by atoms with Gasteiger partial charge < -0.3 is 9.73 Å². The van der Waals surface area contributed by atoms with Gasteiger partial charge in [0.1, 0.15) is 0 Å². The van der Waals surface area contributed by atoms with Crippen molar-refractivity contribution in [2.24, 2.45) is 7.05 Å². The Balaban J connectivity index is 1.53. The molecule has 8 heteroatoms. The van der Waals surface area contributed by atoms with Crippen molar-refractivity contribution >= 4 is 22.7 Å². The second-order valence-corrected chi connectivity index (χ2v) is 6.96.